The van der Waals surface area contributed by atoms with E-state index >= 15 is 0 Å². The number of hydrogen-bond acceptors (Lipinski definition) is 12. The highest BCUT2D eigenvalue weighted by molar-refractivity contribution is 6.05. The summed E-state index contributed by atoms with van der Waals surface area (Å²) in [7, 11) is 0. The number of aromatic nitrogens is 5. The van der Waals surface area contributed by atoms with Crippen LogP contribution < -0.4 is 20.9 Å². The number of aliphatic hydroxyl groups is 1. The topological polar surface area (TPSA) is 206 Å². The van der Waals surface area contributed by atoms with E-state index in [0.29, 0.717) is 40.1 Å². The van der Waals surface area contributed by atoms with Crippen LogP contribution in [0.4, 0.5) is 11.4 Å². The van der Waals surface area contributed by atoms with Crippen molar-refractivity contribution in [2.75, 3.05) is 49.5 Å². The number of hydrogen-bond donors (Lipinski definition) is 4. The molecular formula is C46H54N12O5. The van der Waals surface area contributed by atoms with E-state index in [9.17, 15) is 29.5 Å². The van der Waals surface area contributed by atoms with E-state index in [0.717, 1.165) is 100 Å². The number of rotatable bonds is 9. The number of anilines is 2. The molecule has 4 amide bonds. The molecule has 0 unspecified atom stereocenters. The third kappa shape index (κ3) is 8.75. The molecule has 1 aromatic carbocycles. The first kappa shape index (κ1) is 42.1. The number of nitrogens with one attached hydrogen (secondary N) is 3. The molecule has 63 heavy (non-hydrogen) atoms. The zero-order valence-electron chi connectivity index (χ0n) is 36.0. The molecule has 17 nitrogen and oxygen atoms in total. The van der Waals surface area contributed by atoms with Crippen LogP contribution in [0.1, 0.15) is 109 Å². The van der Waals surface area contributed by atoms with Crippen molar-refractivity contribution in [3.63, 3.8) is 0 Å². The normalized spacial score (nSPS) is 22.0. The first-order valence-corrected chi connectivity index (χ1v) is 22.1. The highest BCUT2D eigenvalue weighted by Gasteiger charge is 2.34. The van der Waals surface area contributed by atoms with Gasteiger partial charge < -0.3 is 20.6 Å². The number of amides is 4. The summed E-state index contributed by atoms with van der Waals surface area (Å²) in [5, 5.41) is 38.6. The van der Waals surface area contributed by atoms with Crippen LogP contribution >= 0.6 is 0 Å². The van der Waals surface area contributed by atoms with Gasteiger partial charge in [0.2, 0.25) is 11.8 Å². The summed E-state index contributed by atoms with van der Waals surface area (Å²) in [5.74, 6) is -1.59. The van der Waals surface area contributed by atoms with E-state index in [-0.39, 0.29) is 36.4 Å². The SMILES string of the molecule is Cc1nc(C(=O)N[C@H]2CCC(=O)NC2=O)ccc1N1CCC(N2CCN(C3CCC(n4cc5cc(NC(=O)c6ccc7cc(C#N)cnn67)c(C(C)(C)O)cc5n4)CC3)CC2)CC1. The Morgan fingerprint density at radius 3 is 2.24 bits per heavy atom. The number of carbonyl (C=O) groups is 4. The Labute approximate surface area is 365 Å². The van der Waals surface area contributed by atoms with Crippen molar-refractivity contribution in [1.29, 1.82) is 5.26 Å². The maximum absolute atomic E-state index is 13.5. The standard InChI is InChI=1S/C46H54N12O5/c1-28-40(12-9-36(49-28)43(60)50-37-10-13-42(59)52-44(37)61)56-16-14-32(15-17-56)55-20-18-54(19-21-55)31-4-6-33(7-5-31)57-27-30-23-39(35(46(2,3)63)24-38(30)53-57)51-45(62)41-11-8-34-22-29(25-47)26-48-58(34)41/h8-9,11-12,22-24,26-27,31-33,37,63H,4-7,10,13-21H2,1-3H3,(H,50,60)(H,51,62)(H,52,59,61)/t31?,33?,37-/m0/s1. The van der Waals surface area contributed by atoms with Gasteiger partial charge in [0.15, 0.2) is 0 Å². The molecule has 0 spiro atoms. The number of pyridine rings is 1. The lowest BCUT2D eigenvalue weighted by atomic mass is 9.89. The number of imide groups is 1. The Morgan fingerprint density at radius 2 is 1.57 bits per heavy atom. The summed E-state index contributed by atoms with van der Waals surface area (Å²) < 4.78 is 3.58. The molecule has 7 heterocycles. The van der Waals surface area contributed by atoms with Crippen molar-refractivity contribution in [3.8, 4) is 6.07 Å². The fraction of sp³-hybridized carbons (Fsp3) is 0.478. The molecule has 4 fully saturated rings. The summed E-state index contributed by atoms with van der Waals surface area (Å²) in [6.45, 7) is 11.4. The van der Waals surface area contributed by atoms with Gasteiger partial charge >= 0.3 is 0 Å². The quantitative estimate of drug-likeness (QED) is 0.155. The molecule has 4 N–H and O–H groups in total. The Morgan fingerprint density at radius 1 is 0.873 bits per heavy atom. The molecule has 3 aliphatic heterocycles. The lowest BCUT2D eigenvalue weighted by molar-refractivity contribution is -0.134. The summed E-state index contributed by atoms with van der Waals surface area (Å²) in [6, 6.07) is 15.2. The zero-order valence-corrected chi connectivity index (χ0v) is 36.0. The number of nitriles is 1. The largest absolute Gasteiger partial charge is 0.386 e. The lowest BCUT2D eigenvalue weighted by Gasteiger charge is -2.46. The van der Waals surface area contributed by atoms with Crippen LogP contribution in [-0.2, 0) is 15.2 Å². The van der Waals surface area contributed by atoms with E-state index in [2.05, 4.69) is 57.7 Å². The van der Waals surface area contributed by atoms with Crippen molar-refractivity contribution in [1.82, 2.24) is 44.8 Å². The predicted molar refractivity (Wildman–Crippen MR) is 235 cm³/mol. The average molecular weight is 855 g/mol. The van der Waals surface area contributed by atoms with Gasteiger partial charge in [0.05, 0.1) is 45.8 Å². The first-order chi connectivity index (χ1) is 30.3. The Hall–Kier alpha value is -6.22. The van der Waals surface area contributed by atoms with Gasteiger partial charge in [-0.1, -0.05) is 0 Å². The molecule has 1 aliphatic carbocycles. The van der Waals surface area contributed by atoms with E-state index < -0.39 is 23.5 Å². The van der Waals surface area contributed by atoms with Gasteiger partial charge in [0, 0.05) is 80.6 Å². The van der Waals surface area contributed by atoms with Crippen molar-refractivity contribution in [2.45, 2.75) is 102 Å². The number of piperazine rings is 1. The van der Waals surface area contributed by atoms with Crippen LogP contribution in [0.5, 0.6) is 0 Å². The molecular weight excluding hydrogens is 801 g/mol. The zero-order chi connectivity index (χ0) is 44.0. The summed E-state index contributed by atoms with van der Waals surface area (Å²) in [5.41, 5.74) is 4.04. The lowest BCUT2D eigenvalue weighted by Crippen LogP contribution is -2.55. The van der Waals surface area contributed by atoms with E-state index in [4.69, 9.17) is 5.10 Å². The maximum Gasteiger partial charge on any atom is 0.274 e. The number of aryl methyl sites for hydroxylation is 1. The van der Waals surface area contributed by atoms with Gasteiger partial charge in [-0.15, -0.1) is 0 Å². The molecule has 9 rings (SSSR count). The second kappa shape index (κ2) is 17.2. The number of piperidine rings is 2. The Balaban J connectivity index is 0.757. The van der Waals surface area contributed by atoms with Crippen LogP contribution in [0, 0.1) is 18.3 Å². The Kier molecular flexibility index (Phi) is 11.5. The molecule has 5 aromatic rings. The number of benzene rings is 1. The fourth-order valence-electron chi connectivity index (χ4n) is 10.0. The molecule has 3 saturated heterocycles. The highest BCUT2D eigenvalue weighted by Crippen LogP contribution is 2.36. The minimum absolute atomic E-state index is 0.199. The first-order valence-electron chi connectivity index (χ1n) is 22.1. The summed E-state index contributed by atoms with van der Waals surface area (Å²) >= 11 is 0. The van der Waals surface area contributed by atoms with Crippen molar-refractivity contribution >= 4 is 51.4 Å². The van der Waals surface area contributed by atoms with Crippen LogP contribution in [0.15, 0.2) is 54.9 Å². The minimum atomic E-state index is -1.24. The second-order valence-corrected chi connectivity index (χ2v) is 18.0. The van der Waals surface area contributed by atoms with Crippen molar-refractivity contribution in [2.24, 2.45) is 0 Å². The molecule has 1 atom stereocenters. The average Bonchev–Trinajstić information content (AvgIpc) is 3.91. The van der Waals surface area contributed by atoms with Gasteiger partial charge in [-0.3, -0.25) is 39.0 Å². The third-order valence-electron chi connectivity index (χ3n) is 13.5. The van der Waals surface area contributed by atoms with E-state index in [1.165, 1.54) is 10.7 Å². The van der Waals surface area contributed by atoms with Gasteiger partial charge in [0.25, 0.3) is 11.8 Å². The fourth-order valence-corrected chi connectivity index (χ4v) is 10.0. The van der Waals surface area contributed by atoms with Gasteiger partial charge in [-0.2, -0.15) is 15.5 Å². The van der Waals surface area contributed by atoms with Crippen molar-refractivity contribution < 1.29 is 24.3 Å². The van der Waals surface area contributed by atoms with Gasteiger partial charge in [-0.05, 0) is 108 Å². The molecule has 1 saturated carbocycles. The number of nitrogens with zero attached hydrogens (tertiary/aromatic N) is 9. The molecule has 4 aliphatic rings. The number of carbonyl (C=O) groups excluding carboxylic acids is 4. The predicted octanol–water partition coefficient (Wildman–Crippen LogP) is 4.04. The molecule has 4 aromatic heterocycles. The number of fused-ring (bicyclic) bond motifs is 2. The minimum Gasteiger partial charge on any atom is -0.386 e. The van der Waals surface area contributed by atoms with Crippen molar-refractivity contribution in [3.05, 3.63) is 83.1 Å². The second-order valence-electron chi connectivity index (χ2n) is 18.0. The smallest absolute Gasteiger partial charge is 0.274 e. The highest BCUT2D eigenvalue weighted by atomic mass is 16.3. The summed E-state index contributed by atoms with van der Waals surface area (Å²) in [4.78, 5) is 62.3. The third-order valence-corrected chi connectivity index (χ3v) is 13.5. The monoisotopic (exact) mass is 854 g/mol. The van der Waals surface area contributed by atoms with Crippen LogP contribution in [0.2, 0.25) is 0 Å². The molecule has 17 heteroatoms. The molecule has 0 radical (unpaired) electrons. The summed E-state index contributed by atoms with van der Waals surface area (Å²) in [6.07, 6.45) is 10.4. The Bertz CT molecular complexity index is 2620. The van der Waals surface area contributed by atoms with E-state index in [1.54, 1.807) is 38.1 Å². The maximum atomic E-state index is 13.5. The van der Waals surface area contributed by atoms with Gasteiger partial charge in [0.1, 0.15) is 23.5 Å². The van der Waals surface area contributed by atoms with E-state index in [1.807, 2.05) is 25.1 Å². The van der Waals surface area contributed by atoms with Crippen LogP contribution in [0.25, 0.3) is 16.4 Å². The molecule has 328 valence electrons. The van der Waals surface area contributed by atoms with Gasteiger partial charge in [-0.25, -0.2) is 9.50 Å². The van der Waals surface area contributed by atoms with Crippen LogP contribution in [-0.4, -0.2) is 120 Å². The van der Waals surface area contributed by atoms with Crippen LogP contribution in [0.3, 0.4) is 0 Å². The molecule has 0 bridgehead atoms.